The molecule has 0 atom stereocenters. The van der Waals surface area contributed by atoms with E-state index in [0.29, 0.717) is 12.3 Å². The first-order valence-electron chi connectivity index (χ1n) is 7.46. The Morgan fingerprint density at radius 2 is 2.14 bits per heavy atom. The molecule has 1 fully saturated rings. The number of rotatable bonds is 7. The van der Waals surface area contributed by atoms with Gasteiger partial charge in [0.05, 0.1) is 31.2 Å². The zero-order chi connectivity index (χ0) is 15.1. The van der Waals surface area contributed by atoms with Gasteiger partial charge in [-0.3, -0.25) is 4.90 Å². The van der Waals surface area contributed by atoms with Gasteiger partial charge in [0, 0.05) is 31.8 Å². The van der Waals surface area contributed by atoms with Crippen LogP contribution < -0.4 is 15.8 Å². The first-order chi connectivity index (χ1) is 10.2. The normalized spacial score (nSPS) is 15.9. The van der Waals surface area contributed by atoms with Crippen LogP contribution >= 0.6 is 0 Å². The first-order valence-corrected chi connectivity index (χ1v) is 7.46. The molecule has 118 valence electrons. The summed E-state index contributed by atoms with van der Waals surface area (Å²) in [6, 6.07) is 2.93. The average molecular weight is 297 g/mol. The second-order valence-corrected chi connectivity index (χ2v) is 5.04. The van der Waals surface area contributed by atoms with Crippen molar-refractivity contribution in [3.8, 4) is 5.75 Å². The van der Waals surface area contributed by atoms with Crippen LogP contribution in [0.25, 0.3) is 0 Å². The van der Waals surface area contributed by atoms with Crippen LogP contribution in [0, 0.1) is 5.82 Å². The summed E-state index contributed by atoms with van der Waals surface area (Å²) in [6.07, 6.45) is 1.00. The predicted octanol–water partition coefficient (Wildman–Crippen LogP) is 1.94. The highest BCUT2D eigenvalue weighted by molar-refractivity contribution is 5.68. The molecule has 0 unspecified atom stereocenters. The van der Waals surface area contributed by atoms with E-state index in [0.717, 1.165) is 51.5 Å². The molecule has 0 saturated carbocycles. The molecule has 0 radical (unpaired) electrons. The third-order valence-electron chi connectivity index (χ3n) is 3.47. The Bertz CT molecular complexity index is 451. The number of nitrogens with two attached hydrogens (primary N) is 1. The zero-order valence-corrected chi connectivity index (χ0v) is 12.5. The molecule has 6 heteroatoms. The third kappa shape index (κ3) is 4.75. The van der Waals surface area contributed by atoms with Gasteiger partial charge in [-0.25, -0.2) is 4.39 Å². The molecule has 1 saturated heterocycles. The number of nitrogens with one attached hydrogen (secondary N) is 1. The number of nitrogens with zero attached hydrogens (tertiary/aromatic N) is 1. The van der Waals surface area contributed by atoms with Gasteiger partial charge in [0.25, 0.3) is 0 Å². The molecule has 2 rings (SSSR count). The van der Waals surface area contributed by atoms with Gasteiger partial charge in [-0.2, -0.15) is 0 Å². The van der Waals surface area contributed by atoms with Crippen molar-refractivity contribution in [1.29, 1.82) is 0 Å². The number of nitrogen functional groups attached to an aromatic ring is 1. The van der Waals surface area contributed by atoms with Crippen molar-refractivity contribution in [2.24, 2.45) is 0 Å². The van der Waals surface area contributed by atoms with E-state index in [4.69, 9.17) is 15.2 Å². The number of halogens is 1. The van der Waals surface area contributed by atoms with E-state index in [-0.39, 0.29) is 5.75 Å². The van der Waals surface area contributed by atoms with Crippen molar-refractivity contribution in [2.75, 3.05) is 57.1 Å². The third-order valence-corrected chi connectivity index (χ3v) is 3.47. The van der Waals surface area contributed by atoms with Crippen LogP contribution in [-0.4, -0.2) is 50.9 Å². The Labute approximate surface area is 125 Å². The number of ether oxygens (including phenoxy) is 2. The fourth-order valence-corrected chi connectivity index (χ4v) is 2.34. The van der Waals surface area contributed by atoms with Crippen LogP contribution in [0.5, 0.6) is 5.75 Å². The van der Waals surface area contributed by atoms with Crippen LogP contribution in [0.4, 0.5) is 15.8 Å². The van der Waals surface area contributed by atoms with Crippen LogP contribution in [-0.2, 0) is 4.74 Å². The monoisotopic (exact) mass is 297 g/mol. The van der Waals surface area contributed by atoms with Gasteiger partial charge < -0.3 is 20.5 Å². The quantitative estimate of drug-likeness (QED) is 0.595. The van der Waals surface area contributed by atoms with E-state index >= 15 is 0 Å². The van der Waals surface area contributed by atoms with Crippen molar-refractivity contribution in [2.45, 2.75) is 13.3 Å². The van der Waals surface area contributed by atoms with Crippen LogP contribution in [0.15, 0.2) is 12.1 Å². The van der Waals surface area contributed by atoms with Crippen LogP contribution in [0.3, 0.4) is 0 Å². The minimum atomic E-state index is -0.423. The van der Waals surface area contributed by atoms with Crippen molar-refractivity contribution in [3.63, 3.8) is 0 Å². The molecular weight excluding hydrogens is 273 g/mol. The van der Waals surface area contributed by atoms with Gasteiger partial charge in [0.1, 0.15) is 0 Å². The fraction of sp³-hybridized carbons (Fsp3) is 0.600. The highest BCUT2D eigenvalue weighted by atomic mass is 19.1. The lowest BCUT2D eigenvalue weighted by Crippen LogP contribution is -2.37. The second kappa shape index (κ2) is 8.05. The Morgan fingerprint density at radius 1 is 1.38 bits per heavy atom. The maximum absolute atomic E-state index is 13.6. The van der Waals surface area contributed by atoms with Gasteiger partial charge >= 0.3 is 0 Å². The largest absolute Gasteiger partial charge is 0.491 e. The molecule has 1 aliphatic heterocycles. The lowest BCUT2D eigenvalue weighted by atomic mass is 10.2. The Kier molecular flexibility index (Phi) is 6.07. The topological polar surface area (TPSA) is 59.8 Å². The molecule has 0 spiro atoms. The molecular formula is C15H24FN3O2. The molecule has 0 aliphatic carbocycles. The minimum Gasteiger partial charge on any atom is -0.491 e. The van der Waals surface area contributed by atoms with Gasteiger partial charge in [0.15, 0.2) is 11.6 Å². The van der Waals surface area contributed by atoms with Crippen molar-refractivity contribution in [1.82, 2.24) is 4.90 Å². The smallest absolute Gasteiger partial charge is 0.167 e. The lowest BCUT2D eigenvalue weighted by Gasteiger charge is -2.26. The fourth-order valence-electron chi connectivity index (χ4n) is 2.34. The number of morpholine rings is 1. The first kappa shape index (κ1) is 15.9. The van der Waals surface area contributed by atoms with E-state index in [2.05, 4.69) is 10.2 Å². The lowest BCUT2D eigenvalue weighted by molar-refractivity contribution is 0.0378. The zero-order valence-electron chi connectivity index (χ0n) is 12.5. The second-order valence-electron chi connectivity index (χ2n) is 5.04. The highest BCUT2D eigenvalue weighted by Gasteiger charge is 2.11. The average Bonchev–Trinajstić information content (AvgIpc) is 2.49. The van der Waals surface area contributed by atoms with Crippen molar-refractivity contribution < 1.29 is 13.9 Å². The molecule has 1 heterocycles. The van der Waals surface area contributed by atoms with Crippen molar-refractivity contribution >= 4 is 11.4 Å². The molecule has 3 N–H and O–H groups in total. The molecule has 1 aliphatic rings. The Morgan fingerprint density at radius 3 is 2.86 bits per heavy atom. The summed E-state index contributed by atoms with van der Waals surface area (Å²) in [5.41, 5.74) is 6.96. The Balaban J connectivity index is 1.80. The summed E-state index contributed by atoms with van der Waals surface area (Å²) in [7, 11) is 0. The highest BCUT2D eigenvalue weighted by Crippen LogP contribution is 2.28. The van der Waals surface area contributed by atoms with Gasteiger partial charge in [-0.1, -0.05) is 0 Å². The summed E-state index contributed by atoms with van der Waals surface area (Å²) >= 11 is 0. The maximum atomic E-state index is 13.6. The summed E-state index contributed by atoms with van der Waals surface area (Å²) < 4.78 is 24.2. The number of benzene rings is 1. The summed E-state index contributed by atoms with van der Waals surface area (Å²) in [5, 5.41) is 3.25. The molecule has 0 amide bonds. The van der Waals surface area contributed by atoms with E-state index in [9.17, 15) is 4.39 Å². The number of hydrogen-bond acceptors (Lipinski definition) is 5. The van der Waals surface area contributed by atoms with Crippen molar-refractivity contribution in [3.05, 3.63) is 17.9 Å². The van der Waals surface area contributed by atoms with Gasteiger partial charge in [0.2, 0.25) is 0 Å². The van der Waals surface area contributed by atoms with E-state index in [1.807, 2.05) is 6.92 Å². The van der Waals surface area contributed by atoms with Crippen LogP contribution in [0.2, 0.25) is 0 Å². The van der Waals surface area contributed by atoms with Gasteiger partial charge in [-0.15, -0.1) is 0 Å². The molecule has 1 aromatic rings. The molecule has 0 bridgehead atoms. The predicted molar refractivity (Wildman–Crippen MR) is 82.3 cm³/mol. The summed E-state index contributed by atoms with van der Waals surface area (Å²) in [5.74, 6) is -0.185. The SMILES string of the molecule is CCOc1cc(NCCCN2CCOCC2)c(N)cc1F. The minimum absolute atomic E-state index is 0.238. The molecule has 0 aromatic heterocycles. The van der Waals surface area contributed by atoms with E-state index in [1.165, 1.54) is 6.07 Å². The number of hydrogen-bond donors (Lipinski definition) is 2. The van der Waals surface area contributed by atoms with Crippen LogP contribution in [0.1, 0.15) is 13.3 Å². The summed E-state index contributed by atoms with van der Waals surface area (Å²) in [4.78, 5) is 2.38. The molecule has 5 nitrogen and oxygen atoms in total. The molecule has 21 heavy (non-hydrogen) atoms. The van der Waals surface area contributed by atoms with E-state index < -0.39 is 5.82 Å². The van der Waals surface area contributed by atoms with Gasteiger partial charge in [-0.05, 0) is 19.9 Å². The number of anilines is 2. The van der Waals surface area contributed by atoms with E-state index in [1.54, 1.807) is 6.07 Å². The molecule has 1 aromatic carbocycles. The Hall–Kier alpha value is -1.53. The maximum Gasteiger partial charge on any atom is 0.167 e. The standard InChI is InChI=1S/C15H24FN3O2/c1-2-21-15-11-14(13(17)10-12(15)16)18-4-3-5-19-6-8-20-9-7-19/h10-11,18H,2-9,17H2,1H3. The summed E-state index contributed by atoms with van der Waals surface area (Å²) in [6.45, 7) is 7.68.